The van der Waals surface area contributed by atoms with Gasteiger partial charge >= 0.3 is 0 Å². The van der Waals surface area contributed by atoms with Gasteiger partial charge in [-0.2, -0.15) is 0 Å². The highest BCUT2D eigenvalue weighted by Gasteiger charge is 2.24. The number of aromatic nitrogens is 3. The zero-order valence-corrected chi connectivity index (χ0v) is 18.5. The first-order valence-corrected chi connectivity index (χ1v) is 11.0. The fourth-order valence-electron chi connectivity index (χ4n) is 3.93. The molecule has 0 spiro atoms. The minimum absolute atomic E-state index is 0.131. The Kier molecular flexibility index (Phi) is 6.66. The first-order chi connectivity index (χ1) is 15.7. The molecule has 0 aliphatic heterocycles. The molecular formula is C25H28N4O3. The largest absolute Gasteiger partial charge is 0.385 e. The van der Waals surface area contributed by atoms with Crippen molar-refractivity contribution in [1.29, 1.82) is 0 Å². The van der Waals surface area contributed by atoms with Gasteiger partial charge in [0.25, 0.3) is 11.5 Å². The summed E-state index contributed by atoms with van der Waals surface area (Å²) < 4.78 is 8.61. The number of hydrogen-bond donors (Lipinski definition) is 0. The molecule has 4 rings (SSSR count). The molecule has 1 aromatic carbocycles. The summed E-state index contributed by atoms with van der Waals surface area (Å²) >= 11 is 0. The molecule has 0 saturated heterocycles. The van der Waals surface area contributed by atoms with Gasteiger partial charge in [0.05, 0.1) is 5.39 Å². The highest BCUT2D eigenvalue weighted by Crippen LogP contribution is 2.23. The molecule has 32 heavy (non-hydrogen) atoms. The molecule has 0 aliphatic carbocycles. The Balaban J connectivity index is 1.87. The van der Waals surface area contributed by atoms with Crippen molar-refractivity contribution in [2.24, 2.45) is 0 Å². The van der Waals surface area contributed by atoms with Crippen LogP contribution in [0.4, 0.5) is 5.69 Å². The van der Waals surface area contributed by atoms with E-state index in [1.807, 2.05) is 41.0 Å². The molecule has 3 heterocycles. The van der Waals surface area contributed by atoms with Gasteiger partial charge in [0.2, 0.25) is 0 Å². The number of hydrogen-bond acceptors (Lipinski definition) is 4. The molecule has 7 heteroatoms. The molecule has 0 bridgehead atoms. The molecule has 1 amide bonds. The van der Waals surface area contributed by atoms with Gasteiger partial charge < -0.3 is 14.2 Å². The molecule has 3 aromatic heterocycles. The Bertz CT molecular complexity index is 1280. The highest BCUT2D eigenvalue weighted by atomic mass is 16.5. The Hall–Kier alpha value is -3.45. The Morgan fingerprint density at radius 3 is 2.62 bits per heavy atom. The minimum atomic E-state index is -0.176. The van der Waals surface area contributed by atoms with Crippen LogP contribution in [0.15, 0.2) is 65.6 Å². The predicted octanol–water partition coefficient (Wildman–Crippen LogP) is 4.13. The van der Waals surface area contributed by atoms with E-state index in [9.17, 15) is 9.59 Å². The van der Waals surface area contributed by atoms with Crippen molar-refractivity contribution in [1.82, 2.24) is 14.0 Å². The molecule has 0 aliphatic rings. The molecule has 0 unspecified atom stereocenters. The lowest BCUT2D eigenvalue weighted by Crippen LogP contribution is -2.33. The van der Waals surface area contributed by atoms with Crippen LogP contribution in [0.2, 0.25) is 0 Å². The van der Waals surface area contributed by atoms with Crippen LogP contribution in [-0.2, 0) is 11.3 Å². The smallest absolute Gasteiger partial charge is 0.274 e. The fourth-order valence-corrected chi connectivity index (χ4v) is 3.93. The summed E-state index contributed by atoms with van der Waals surface area (Å²) in [6.07, 6.45) is 4.26. The normalized spacial score (nSPS) is 11.3. The number of unbranched alkanes of at least 4 members (excludes halogenated alkanes) is 1. The molecule has 4 aromatic rings. The quantitative estimate of drug-likeness (QED) is 0.373. The van der Waals surface area contributed by atoms with E-state index < -0.39 is 0 Å². The SMILES string of the molecule is CCCCN(C(=O)c1cc2c(=O)n3ccccc3nc2n1CCCOC)c1ccccc1. The number of rotatable bonds is 9. The van der Waals surface area contributed by atoms with Crippen LogP contribution in [0.1, 0.15) is 36.7 Å². The third-order valence-electron chi connectivity index (χ3n) is 5.57. The lowest BCUT2D eigenvalue weighted by Gasteiger charge is -2.23. The van der Waals surface area contributed by atoms with Crippen LogP contribution in [0.3, 0.4) is 0 Å². The third-order valence-corrected chi connectivity index (χ3v) is 5.57. The van der Waals surface area contributed by atoms with Crippen LogP contribution >= 0.6 is 0 Å². The number of anilines is 1. The van der Waals surface area contributed by atoms with Crippen LogP contribution in [0.5, 0.6) is 0 Å². The van der Waals surface area contributed by atoms with E-state index in [4.69, 9.17) is 9.72 Å². The van der Waals surface area contributed by atoms with Crippen molar-refractivity contribution in [2.45, 2.75) is 32.7 Å². The van der Waals surface area contributed by atoms with Gasteiger partial charge in [-0.1, -0.05) is 37.6 Å². The van der Waals surface area contributed by atoms with E-state index in [0.717, 1.165) is 18.5 Å². The van der Waals surface area contributed by atoms with Crippen molar-refractivity contribution >= 4 is 28.3 Å². The van der Waals surface area contributed by atoms with E-state index in [1.54, 1.807) is 36.4 Å². The monoisotopic (exact) mass is 432 g/mol. The molecule has 0 atom stereocenters. The minimum Gasteiger partial charge on any atom is -0.385 e. The summed E-state index contributed by atoms with van der Waals surface area (Å²) in [7, 11) is 1.65. The number of carbonyl (C=O) groups excluding carboxylic acids is 1. The third kappa shape index (κ3) is 4.16. The van der Waals surface area contributed by atoms with Gasteiger partial charge in [0.1, 0.15) is 17.0 Å². The van der Waals surface area contributed by atoms with Crippen LogP contribution in [0.25, 0.3) is 16.7 Å². The maximum absolute atomic E-state index is 13.8. The first-order valence-electron chi connectivity index (χ1n) is 11.0. The number of nitrogens with zero attached hydrogens (tertiary/aromatic N) is 4. The number of para-hydroxylation sites is 1. The van der Waals surface area contributed by atoms with Crippen molar-refractivity contribution in [3.8, 4) is 0 Å². The van der Waals surface area contributed by atoms with E-state index in [0.29, 0.717) is 48.5 Å². The first kappa shape index (κ1) is 21.8. The average Bonchev–Trinajstić information content (AvgIpc) is 3.19. The molecule has 0 fully saturated rings. The zero-order valence-electron chi connectivity index (χ0n) is 18.5. The number of carbonyl (C=O) groups is 1. The summed E-state index contributed by atoms with van der Waals surface area (Å²) in [6, 6.07) is 16.8. The number of methoxy groups -OCH3 is 1. The van der Waals surface area contributed by atoms with Crippen molar-refractivity contribution < 1.29 is 9.53 Å². The molecule has 0 radical (unpaired) electrons. The average molecular weight is 433 g/mol. The predicted molar refractivity (Wildman–Crippen MR) is 126 cm³/mol. The van der Waals surface area contributed by atoms with Crippen molar-refractivity contribution in [3.63, 3.8) is 0 Å². The number of amides is 1. The van der Waals surface area contributed by atoms with Crippen LogP contribution in [-0.4, -0.2) is 40.1 Å². The number of aryl methyl sites for hydroxylation is 1. The Morgan fingerprint density at radius 2 is 1.88 bits per heavy atom. The van der Waals surface area contributed by atoms with Gasteiger partial charge in [-0.15, -0.1) is 0 Å². The van der Waals surface area contributed by atoms with Gasteiger partial charge in [0.15, 0.2) is 0 Å². The summed E-state index contributed by atoms with van der Waals surface area (Å²) in [5.74, 6) is -0.131. The van der Waals surface area contributed by atoms with E-state index in [1.165, 1.54) is 4.40 Å². The Labute approximate surface area is 186 Å². The fraction of sp³-hybridized carbons (Fsp3) is 0.320. The second-order valence-corrected chi connectivity index (χ2v) is 7.76. The van der Waals surface area contributed by atoms with Crippen LogP contribution in [0, 0.1) is 0 Å². The van der Waals surface area contributed by atoms with Crippen molar-refractivity contribution in [2.75, 3.05) is 25.2 Å². The Morgan fingerprint density at radius 1 is 1.09 bits per heavy atom. The standard InChI is InChI=1S/C25H28N4O3/c1-3-4-14-27(19-11-6-5-7-12-19)25(31)21-18-20-23(28(21)16-10-17-32-2)26-22-13-8-9-15-29(22)24(20)30/h5-9,11-13,15,18H,3-4,10,14,16-17H2,1-2H3. The number of ether oxygens (including phenoxy) is 1. The molecule has 7 nitrogen and oxygen atoms in total. The van der Waals surface area contributed by atoms with E-state index in [-0.39, 0.29) is 11.5 Å². The number of fused-ring (bicyclic) bond motifs is 2. The summed E-state index contributed by atoms with van der Waals surface area (Å²) in [5, 5.41) is 0.443. The topological polar surface area (TPSA) is 68.8 Å². The second kappa shape index (κ2) is 9.78. The molecule has 166 valence electrons. The van der Waals surface area contributed by atoms with E-state index >= 15 is 0 Å². The molecule has 0 N–H and O–H groups in total. The number of benzene rings is 1. The molecule has 0 saturated carbocycles. The van der Waals surface area contributed by atoms with E-state index in [2.05, 4.69) is 6.92 Å². The van der Waals surface area contributed by atoms with Gasteiger partial charge in [-0.25, -0.2) is 4.98 Å². The zero-order chi connectivity index (χ0) is 22.5. The molecular weight excluding hydrogens is 404 g/mol. The van der Waals surface area contributed by atoms with Gasteiger partial charge in [0, 0.05) is 38.7 Å². The van der Waals surface area contributed by atoms with Crippen molar-refractivity contribution in [3.05, 3.63) is 76.8 Å². The summed E-state index contributed by atoms with van der Waals surface area (Å²) in [6.45, 7) is 3.79. The second-order valence-electron chi connectivity index (χ2n) is 7.76. The van der Waals surface area contributed by atoms with Gasteiger partial charge in [-0.3, -0.25) is 14.0 Å². The lowest BCUT2D eigenvalue weighted by atomic mass is 10.2. The van der Waals surface area contributed by atoms with Crippen LogP contribution < -0.4 is 10.5 Å². The maximum Gasteiger partial charge on any atom is 0.274 e. The highest BCUT2D eigenvalue weighted by molar-refractivity contribution is 6.07. The van der Waals surface area contributed by atoms with Gasteiger partial charge in [-0.05, 0) is 43.2 Å². The summed E-state index contributed by atoms with van der Waals surface area (Å²) in [5.41, 5.74) is 2.22. The number of pyridine rings is 1. The summed E-state index contributed by atoms with van der Waals surface area (Å²) in [4.78, 5) is 33.5. The maximum atomic E-state index is 13.8. The lowest BCUT2D eigenvalue weighted by molar-refractivity contribution is 0.0977.